The summed E-state index contributed by atoms with van der Waals surface area (Å²) in [6.45, 7) is 9.20. The molecule has 0 atom stereocenters. The smallest absolute Gasteiger partial charge is 0.273 e. The number of hydrogen-bond donors (Lipinski definition) is 1. The van der Waals surface area contributed by atoms with E-state index in [1.54, 1.807) is 11.3 Å². The van der Waals surface area contributed by atoms with Crippen LogP contribution in [0.25, 0.3) is 0 Å². The number of carbonyl (C=O) groups is 1. The fraction of sp³-hybridized carbons (Fsp3) is 0.733. The van der Waals surface area contributed by atoms with Gasteiger partial charge in [0.1, 0.15) is 5.69 Å². The number of nitrogens with one attached hydrogen (secondary N) is 1. The third-order valence-corrected chi connectivity index (χ3v) is 4.86. The average Bonchev–Trinajstić information content (AvgIpc) is 2.95. The molecule has 1 saturated heterocycles. The van der Waals surface area contributed by atoms with Gasteiger partial charge in [-0.15, -0.1) is 11.3 Å². The first kappa shape index (κ1) is 15.4. The van der Waals surface area contributed by atoms with Crippen molar-refractivity contribution in [2.75, 3.05) is 19.6 Å². The molecular formula is C15H25N3OS. The van der Waals surface area contributed by atoms with Crippen molar-refractivity contribution in [3.05, 3.63) is 16.1 Å². The zero-order chi connectivity index (χ0) is 14.5. The van der Waals surface area contributed by atoms with E-state index in [1.165, 1.54) is 0 Å². The topological polar surface area (TPSA) is 45.2 Å². The molecule has 5 heteroatoms. The summed E-state index contributed by atoms with van der Waals surface area (Å²) >= 11 is 1.60. The average molecular weight is 295 g/mol. The van der Waals surface area contributed by atoms with Crippen LogP contribution in [-0.2, 0) is 0 Å². The summed E-state index contributed by atoms with van der Waals surface area (Å²) in [6, 6.07) is 0.368. The van der Waals surface area contributed by atoms with Crippen LogP contribution in [-0.4, -0.2) is 41.5 Å². The third-order valence-electron chi connectivity index (χ3n) is 3.71. The summed E-state index contributed by atoms with van der Waals surface area (Å²) in [4.78, 5) is 19.3. The molecule has 2 heterocycles. The van der Waals surface area contributed by atoms with Crippen LogP contribution in [0.15, 0.2) is 5.38 Å². The van der Waals surface area contributed by atoms with Crippen LogP contribution in [0.4, 0.5) is 0 Å². The first-order valence-corrected chi connectivity index (χ1v) is 8.48. The van der Waals surface area contributed by atoms with Gasteiger partial charge in [0, 0.05) is 23.9 Å². The van der Waals surface area contributed by atoms with Crippen molar-refractivity contribution in [2.24, 2.45) is 0 Å². The van der Waals surface area contributed by atoms with Crippen molar-refractivity contribution in [1.29, 1.82) is 0 Å². The zero-order valence-electron chi connectivity index (χ0n) is 12.7. The lowest BCUT2D eigenvalue weighted by atomic mass is 10.0. The Morgan fingerprint density at radius 3 is 2.75 bits per heavy atom. The van der Waals surface area contributed by atoms with E-state index in [2.05, 4.69) is 31.1 Å². The van der Waals surface area contributed by atoms with E-state index < -0.39 is 0 Å². The summed E-state index contributed by atoms with van der Waals surface area (Å²) in [5, 5.41) is 6.33. The molecule has 0 aromatic carbocycles. The van der Waals surface area contributed by atoms with E-state index in [1.807, 2.05) is 10.3 Å². The van der Waals surface area contributed by atoms with Crippen LogP contribution in [0.5, 0.6) is 0 Å². The van der Waals surface area contributed by atoms with Gasteiger partial charge in [0.15, 0.2) is 0 Å². The van der Waals surface area contributed by atoms with Gasteiger partial charge in [-0.05, 0) is 32.4 Å². The summed E-state index contributed by atoms with van der Waals surface area (Å²) in [6.07, 6.45) is 3.09. The van der Waals surface area contributed by atoms with Gasteiger partial charge in [0.2, 0.25) is 0 Å². The molecule has 112 valence electrons. The third kappa shape index (κ3) is 3.58. The number of carbonyl (C=O) groups excluding carboxylic acids is 1. The van der Waals surface area contributed by atoms with Crippen LogP contribution in [0.3, 0.4) is 0 Å². The highest BCUT2D eigenvalue weighted by molar-refractivity contribution is 7.09. The maximum Gasteiger partial charge on any atom is 0.273 e. The zero-order valence-corrected chi connectivity index (χ0v) is 13.5. The van der Waals surface area contributed by atoms with Gasteiger partial charge in [-0.2, -0.15) is 0 Å². The molecule has 1 fully saturated rings. The summed E-state index contributed by atoms with van der Waals surface area (Å²) in [5.41, 5.74) is 0.630. The van der Waals surface area contributed by atoms with Crippen molar-refractivity contribution >= 4 is 17.2 Å². The molecular weight excluding hydrogens is 270 g/mol. The minimum absolute atomic E-state index is 0.113. The van der Waals surface area contributed by atoms with Crippen molar-refractivity contribution in [3.63, 3.8) is 0 Å². The quantitative estimate of drug-likeness (QED) is 0.908. The number of amides is 1. The molecule has 20 heavy (non-hydrogen) atoms. The second-order valence-electron chi connectivity index (χ2n) is 5.71. The lowest BCUT2D eigenvalue weighted by Crippen LogP contribution is -2.46. The molecule has 1 aliphatic heterocycles. The minimum atomic E-state index is 0.113. The Labute approximate surface area is 125 Å². The van der Waals surface area contributed by atoms with Crippen molar-refractivity contribution in [1.82, 2.24) is 15.2 Å². The molecule has 2 rings (SSSR count). The number of thiazole rings is 1. The maximum atomic E-state index is 12.7. The minimum Gasteiger partial charge on any atom is -0.334 e. The first-order chi connectivity index (χ1) is 9.63. The molecule has 0 spiro atoms. The molecule has 0 bridgehead atoms. The molecule has 0 radical (unpaired) electrons. The SMILES string of the molecule is CCCN(C(=O)c1csc(C(C)C)n1)C1CCNCC1. The molecule has 1 N–H and O–H groups in total. The Hall–Kier alpha value is -0.940. The Morgan fingerprint density at radius 1 is 1.50 bits per heavy atom. The van der Waals surface area contributed by atoms with E-state index in [0.29, 0.717) is 17.7 Å². The van der Waals surface area contributed by atoms with Crippen LogP contribution < -0.4 is 5.32 Å². The number of aromatic nitrogens is 1. The van der Waals surface area contributed by atoms with Crippen molar-refractivity contribution in [2.45, 2.75) is 52.0 Å². The summed E-state index contributed by atoms with van der Waals surface area (Å²) < 4.78 is 0. The Balaban J connectivity index is 2.12. The van der Waals surface area contributed by atoms with Gasteiger partial charge >= 0.3 is 0 Å². The van der Waals surface area contributed by atoms with Crippen molar-refractivity contribution in [3.8, 4) is 0 Å². The summed E-state index contributed by atoms with van der Waals surface area (Å²) in [7, 11) is 0. The Bertz CT molecular complexity index is 438. The molecule has 1 aliphatic rings. The predicted molar refractivity (Wildman–Crippen MR) is 83.4 cm³/mol. The monoisotopic (exact) mass is 295 g/mol. The molecule has 1 aromatic heterocycles. The van der Waals surface area contributed by atoms with Crippen LogP contribution in [0.1, 0.15) is 61.4 Å². The van der Waals surface area contributed by atoms with Gasteiger partial charge in [-0.1, -0.05) is 20.8 Å². The largest absolute Gasteiger partial charge is 0.334 e. The number of piperidine rings is 1. The highest BCUT2D eigenvalue weighted by Gasteiger charge is 2.27. The van der Waals surface area contributed by atoms with Crippen LogP contribution in [0, 0.1) is 0 Å². The second-order valence-corrected chi connectivity index (χ2v) is 6.60. The van der Waals surface area contributed by atoms with Crippen molar-refractivity contribution < 1.29 is 4.79 Å². The van der Waals surface area contributed by atoms with Gasteiger partial charge in [-0.3, -0.25) is 4.79 Å². The normalized spacial score (nSPS) is 16.6. The van der Waals surface area contributed by atoms with Crippen LogP contribution in [0.2, 0.25) is 0 Å². The lowest BCUT2D eigenvalue weighted by Gasteiger charge is -2.34. The van der Waals surface area contributed by atoms with Gasteiger partial charge in [-0.25, -0.2) is 4.98 Å². The number of nitrogens with zero attached hydrogens (tertiary/aromatic N) is 2. The fourth-order valence-corrected chi connectivity index (χ4v) is 3.42. The molecule has 1 aromatic rings. The molecule has 4 nitrogen and oxygen atoms in total. The van der Waals surface area contributed by atoms with E-state index in [4.69, 9.17) is 0 Å². The Morgan fingerprint density at radius 2 is 2.20 bits per heavy atom. The van der Waals surface area contributed by atoms with E-state index in [0.717, 1.165) is 43.9 Å². The van der Waals surface area contributed by atoms with E-state index in [9.17, 15) is 4.79 Å². The van der Waals surface area contributed by atoms with Gasteiger partial charge < -0.3 is 10.2 Å². The molecule has 0 aliphatic carbocycles. The first-order valence-electron chi connectivity index (χ1n) is 7.60. The lowest BCUT2D eigenvalue weighted by molar-refractivity contribution is 0.0637. The maximum absolute atomic E-state index is 12.7. The van der Waals surface area contributed by atoms with E-state index in [-0.39, 0.29) is 5.91 Å². The predicted octanol–water partition coefficient (Wildman–Crippen LogP) is 2.87. The number of hydrogen-bond acceptors (Lipinski definition) is 4. The van der Waals surface area contributed by atoms with E-state index >= 15 is 0 Å². The Kier molecular flexibility index (Phi) is 5.54. The number of rotatable bonds is 5. The van der Waals surface area contributed by atoms with Gasteiger partial charge in [0.05, 0.1) is 5.01 Å². The molecule has 0 unspecified atom stereocenters. The summed E-state index contributed by atoms with van der Waals surface area (Å²) in [5.74, 6) is 0.502. The van der Waals surface area contributed by atoms with Gasteiger partial charge in [0.25, 0.3) is 5.91 Å². The second kappa shape index (κ2) is 7.18. The molecule has 0 saturated carbocycles. The van der Waals surface area contributed by atoms with Crippen LogP contribution >= 0.6 is 11.3 Å². The standard InChI is InChI=1S/C15H25N3OS/c1-4-9-18(12-5-7-16-8-6-12)15(19)13-10-20-14(17-13)11(2)3/h10-12,16H,4-9H2,1-3H3. The fourth-order valence-electron chi connectivity index (χ4n) is 2.61. The highest BCUT2D eigenvalue weighted by Crippen LogP contribution is 2.22. The highest BCUT2D eigenvalue weighted by atomic mass is 32.1. The molecule has 1 amide bonds.